The van der Waals surface area contributed by atoms with Gasteiger partial charge < -0.3 is 5.11 Å². The van der Waals surface area contributed by atoms with Crippen molar-refractivity contribution < 1.29 is 5.11 Å². The molecule has 0 aliphatic heterocycles. The average molecular weight is 331 g/mol. The third kappa shape index (κ3) is 2.53. The third-order valence-corrected chi connectivity index (χ3v) is 4.49. The topological polar surface area (TPSA) is 20.2 Å². The van der Waals surface area contributed by atoms with Crippen molar-refractivity contribution in [2.75, 3.05) is 0 Å². The van der Waals surface area contributed by atoms with Crippen LogP contribution in [0.1, 0.15) is 0 Å². The van der Waals surface area contributed by atoms with Crippen LogP contribution in [0.4, 0.5) is 0 Å². The molecule has 0 heterocycles. The summed E-state index contributed by atoms with van der Waals surface area (Å²) in [4.78, 5) is 0. The van der Waals surface area contributed by atoms with Crippen molar-refractivity contribution in [2.45, 2.75) is 0 Å². The normalized spacial score (nSPS) is 10.9. The first-order valence-corrected chi connectivity index (χ1v) is 8.18. The smallest absolute Gasteiger partial charge is 0.124 e. The summed E-state index contributed by atoms with van der Waals surface area (Å²) in [5.41, 5.74) is 3.91. The zero-order valence-electron chi connectivity index (χ0n) is 12.9. The second-order valence-corrected chi connectivity index (χ2v) is 6.17. The molecule has 0 aliphatic carbocycles. The van der Waals surface area contributed by atoms with Gasteiger partial charge in [0, 0.05) is 10.6 Å². The summed E-state index contributed by atoms with van der Waals surface area (Å²) >= 11 is 6.00. The molecule has 2 heteroatoms. The number of hydrogen-bond donors (Lipinski definition) is 1. The summed E-state index contributed by atoms with van der Waals surface area (Å²) in [6.45, 7) is 0. The van der Waals surface area contributed by atoms with E-state index in [1.165, 1.54) is 0 Å². The van der Waals surface area contributed by atoms with E-state index in [-0.39, 0.29) is 5.75 Å². The van der Waals surface area contributed by atoms with Gasteiger partial charge in [-0.2, -0.15) is 0 Å². The van der Waals surface area contributed by atoms with E-state index in [0.717, 1.165) is 33.0 Å². The molecule has 0 saturated heterocycles. The van der Waals surface area contributed by atoms with Gasteiger partial charge in [-0.25, -0.2) is 0 Å². The largest absolute Gasteiger partial charge is 0.507 e. The second-order valence-electron chi connectivity index (χ2n) is 5.74. The quantitative estimate of drug-likeness (QED) is 0.443. The fourth-order valence-electron chi connectivity index (χ4n) is 3.14. The maximum atomic E-state index is 10.7. The van der Waals surface area contributed by atoms with Crippen molar-refractivity contribution in [2.24, 2.45) is 0 Å². The Labute approximate surface area is 145 Å². The summed E-state index contributed by atoms with van der Waals surface area (Å²) in [5, 5.41) is 13.6. The number of rotatable bonds is 2. The Hall–Kier alpha value is -2.77. The molecular formula is C22H15ClO. The fraction of sp³-hybridized carbons (Fsp3) is 0. The van der Waals surface area contributed by atoms with E-state index in [1.807, 2.05) is 66.7 Å². The molecule has 0 unspecified atom stereocenters. The van der Waals surface area contributed by atoms with Gasteiger partial charge in [-0.15, -0.1) is 0 Å². The minimum absolute atomic E-state index is 0.273. The maximum absolute atomic E-state index is 10.7. The molecular weight excluding hydrogens is 316 g/mol. The van der Waals surface area contributed by atoms with Crippen molar-refractivity contribution in [1.82, 2.24) is 0 Å². The summed E-state index contributed by atoms with van der Waals surface area (Å²) in [6, 6.07) is 27.7. The predicted octanol–water partition coefficient (Wildman–Crippen LogP) is 6.53. The van der Waals surface area contributed by atoms with Crippen LogP contribution in [-0.2, 0) is 0 Å². The number of hydrogen-bond acceptors (Lipinski definition) is 1. The lowest BCUT2D eigenvalue weighted by molar-refractivity contribution is 0.478. The molecule has 4 aromatic carbocycles. The first kappa shape index (κ1) is 14.8. The standard InChI is InChI=1S/C22H15ClO/c23-17-12-10-16(11-13-17)22-19-9-5-4-8-18(19)20(14-21(22)24)15-6-2-1-3-7-15/h1-14,24H. The SMILES string of the molecule is Oc1cc(-c2ccccc2)c2ccccc2c1-c1ccc(Cl)cc1. The summed E-state index contributed by atoms with van der Waals surface area (Å²) < 4.78 is 0. The monoisotopic (exact) mass is 330 g/mol. The molecule has 1 N–H and O–H groups in total. The van der Waals surface area contributed by atoms with Gasteiger partial charge in [0.25, 0.3) is 0 Å². The molecule has 0 atom stereocenters. The number of phenolic OH excluding ortho intramolecular Hbond substituents is 1. The molecule has 0 aliphatic rings. The summed E-state index contributed by atoms with van der Waals surface area (Å²) in [7, 11) is 0. The maximum Gasteiger partial charge on any atom is 0.124 e. The van der Waals surface area contributed by atoms with Crippen LogP contribution >= 0.6 is 11.6 Å². The van der Waals surface area contributed by atoms with Crippen LogP contribution in [-0.4, -0.2) is 5.11 Å². The van der Waals surface area contributed by atoms with Crippen LogP contribution < -0.4 is 0 Å². The molecule has 0 radical (unpaired) electrons. The predicted molar refractivity (Wildman–Crippen MR) is 101 cm³/mol. The Morgan fingerprint density at radius 1 is 0.625 bits per heavy atom. The molecule has 0 bridgehead atoms. The summed E-state index contributed by atoms with van der Waals surface area (Å²) in [6.07, 6.45) is 0. The lowest BCUT2D eigenvalue weighted by Crippen LogP contribution is -1.87. The van der Waals surface area contributed by atoms with Gasteiger partial charge in [0.15, 0.2) is 0 Å². The van der Waals surface area contributed by atoms with E-state index in [9.17, 15) is 5.11 Å². The third-order valence-electron chi connectivity index (χ3n) is 4.24. The van der Waals surface area contributed by atoms with Crippen LogP contribution in [0.5, 0.6) is 5.75 Å². The van der Waals surface area contributed by atoms with Crippen molar-refractivity contribution in [3.05, 3.63) is 90.0 Å². The van der Waals surface area contributed by atoms with E-state index in [2.05, 4.69) is 18.2 Å². The van der Waals surface area contributed by atoms with Crippen LogP contribution in [0.25, 0.3) is 33.0 Å². The number of benzene rings is 4. The summed E-state index contributed by atoms with van der Waals surface area (Å²) in [5.74, 6) is 0.273. The minimum Gasteiger partial charge on any atom is -0.507 e. The van der Waals surface area contributed by atoms with Gasteiger partial charge >= 0.3 is 0 Å². The van der Waals surface area contributed by atoms with Gasteiger partial charge in [-0.3, -0.25) is 0 Å². The molecule has 0 spiro atoms. The van der Waals surface area contributed by atoms with Crippen LogP contribution in [0.3, 0.4) is 0 Å². The molecule has 116 valence electrons. The number of aromatic hydroxyl groups is 1. The van der Waals surface area contributed by atoms with E-state index in [4.69, 9.17) is 11.6 Å². The highest BCUT2D eigenvalue weighted by molar-refractivity contribution is 6.30. The molecule has 4 aromatic rings. The van der Waals surface area contributed by atoms with E-state index in [0.29, 0.717) is 5.02 Å². The molecule has 4 rings (SSSR count). The van der Waals surface area contributed by atoms with E-state index in [1.54, 1.807) is 0 Å². The van der Waals surface area contributed by atoms with Gasteiger partial charge in [0.1, 0.15) is 5.75 Å². The zero-order chi connectivity index (χ0) is 16.5. The Bertz CT molecular complexity index is 1010. The second kappa shape index (κ2) is 6.03. The highest BCUT2D eigenvalue weighted by Gasteiger charge is 2.14. The van der Waals surface area contributed by atoms with E-state index >= 15 is 0 Å². The van der Waals surface area contributed by atoms with Crippen LogP contribution in [0.15, 0.2) is 84.9 Å². The van der Waals surface area contributed by atoms with Crippen molar-refractivity contribution in [3.63, 3.8) is 0 Å². The lowest BCUT2D eigenvalue weighted by atomic mass is 9.91. The van der Waals surface area contributed by atoms with Crippen LogP contribution in [0.2, 0.25) is 5.02 Å². The highest BCUT2D eigenvalue weighted by Crippen LogP contribution is 2.41. The first-order chi connectivity index (χ1) is 11.7. The molecule has 0 amide bonds. The van der Waals surface area contributed by atoms with Crippen molar-refractivity contribution in [3.8, 4) is 28.0 Å². The highest BCUT2D eigenvalue weighted by atomic mass is 35.5. The number of phenols is 1. The van der Waals surface area contributed by atoms with Gasteiger partial charge in [-0.05, 0) is 45.7 Å². The zero-order valence-corrected chi connectivity index (χ0v) is 13.7. The van der Waals surface area contributed by atoms with Gasteiger partial charge in [-0.1, -0.05) is 78.3 Å². The Morgan fingerprint density at radius 3 is 1.96 bits per heavy atom. The minimum atomic E-state index is 0.273. The Kier molecular flexibility index (Phi) is 3.72. The number of fused-ring (bicyclic) bond motifs is 1. The van der Waals surface area contributed by atoms with Crippen molar-refractivity contribution >= 4 is 22.4 Å². The van der Waals surface area contributed by atoms with Gasteiger partial charge in [0.05, 0.1) is 0 Å². The Morgan fingerprint density at radius 2 is 1.25 bits per heavy atom. The van der Waals surface area contributed by atoms with Crippen molar-refractivity contribution in [1.29, 1.82) is 0 Å². The lowest BCUT2D eigenvalue weighted by Gasteiger charge is -2.14. The molecule has 0 aromatic heterocycles. The average Bonchev–Trinajstić information content (AvgIpc) is 2.63. The first-order valence-electron chi connectivity index (χ1n) is 7.80. The number of halogens is 1. The Balaban J connectivity index is 2.04. The van der Waals surface area contributed by atoms with Gasteiger partial charge in [0.2, 0.25) is 0 Å². The molecule has 0 saturated carbocycles. The molecule has 24 heavy (non-hydrogen) atoms. The molecule has 0 fully saturated rings. The van der Waals surface area contributed by atoms with E-state index < -0.39 is 0 Å². The fourth-order valence-corrected chi connectivity index (χ4v) is 3.26. The molecule has 1 nitrogen and oxygen atoms in total. The van der Waals surface area contributed by atoms with Crippen LogP contribution in [0, 0.1) is 0 Å².